The molecule has 7 nitrogen and oxygen atoms in total. The van der Waals surface area contributed by atoms with Crippen LogP contribution in [0.1, 0.15) is 48.2 Å². The molecule has 1 N–H and O–H groups in total. The average Bonchev–Trinajstić information content (AvgIpc) is 3.39. The van der Waals surface area contributed by atoms with Crippen LogP contribution in [0.3, 0.4) is 0 Å². The Morgan fingerprint density at radius 2 is 1.78 bits per heavy atom. The second-order valence-corrected chi connectivity index (χ2v) is 8.71. The molecular weight excluding hydrogens is 404 g/mol. The minimum absolute atomic E-state index is 0.0968. The number of nitrogens with zero attached hydrogens (tertiary/aromatic N) is 3. The number of anilines is 1. The van der Waals surface area contributed by atoms with Gasteiger partial charge < -0.3 is 14.3 Å². The standard InChI is InChI=1S/C25H26N4O3/c1-25(2,3)19-9-7-18(8-10-19)16-29-22(13-14-26-29)27-24(31)21-12-11-20(32-21)17-28-15-5-4-6-23(28)30/h4-15H,16-17H2,1-3H3,(H,27,31). The second-order valence-electron chi connectivity index (χ2n) is 8.71. The van der Waals surface area contributed by atoms with Crippen molar-refractivity contribution in [2.24, 2.45) is 0 Å². The lowest BCUT2D eigenvalue weighted by Gasteiger charge is -2.19. The first-order valence-corrected chi connectivity index (χ1v) is 10.5. The summed E-state index contributed by atoms with van der Waals surface area (Å²) in [6.07, 6.45) is 3.33. The molecule has 0 unspecified atom stereocenters. The van der Waals surface area contributed by atoms with Gasteiger partial charge in [-0.1, -0.05) is 51.1 Å². The molecule has 0 saturated heterocycles. The molecule has 0 spiro atoms. The highest BCUT2D eigenvalue weighted by molar-refractivity contribution is 6.01. The third-order valence-electron chi connectivity index (χ3n) is 5.22. The van der Waals surface area contributed by atoms with E-state index >= 15 is 0 Å². The minimum atomic E-state index is -0.374. The number of furan rings is 1. The molecule has 0 bridgehead atoms. The van der Waals surface area contributed by atoms with Crippen molar-refractivity contribution in [3.63, 3.8) is 0 Å². The van der Waals surface area contributed by atoms with E-state index < -0.39 is 0 Å². The fourth-order valence-electron chi connectivity index (χ4n) is 3.37. The molecule has 32 heavy (non-hydrogen) atoms. The summed E-state index contributed by atoms with van der Waals surface area (Å²) in [7, 11) is 0. The van der Waals surface area contributed by atoms with Crippen molar-refractivity contribution in [3.05, 3.63) is 106 Å². The van der Waals surface area contributed by atoms with Crippen molar-refractivity contribution in [2.45, 2.75) is 39.3 Å². The maximum absolute atomic E-state index is 12.7. The van der Waals surface area contributed by atoms with Crippen molar-refractivity contribution in [1.29, 1.82) is 0 Å². The van der Waals surface area contributed by atoms with Gasteiger partial charge in [0.05, 0.1) is 19.3 Å². The molecule has 164 valence electrons. The third-order valence-corrected chi connectivity index (χ3v) is 5.22. The summed E-state index contributed by atoms with van der Waals surface area (Å²) in [4.78, 5) is 24.6. The zero-order chi connectivity index (χ0) is 22.7. The fourth-order valence-corrected chi connectivity index (χ4v) is 3.37. The van der Waals surface area contributed by atoms with Gasteiger partial charge in [-0.15, -0.1) is 0 Å². The van der Waals surface area contributed by atoms with Crippen LogP contribution < -0.4 is 10.9 Å². The van der Waals surface area contributed by atoms with Gasteiger partial charge in [0.25, 0.3) is 11.5 Å². The molecule has 1 amide bonds. The third kappa shape index (κ3) is 4.88. The Labute approximate surface area is 186 Å². The lowest BCUT2D eigenvalue weighted by atomic mass is 9.87. The molecule has 4 rings (SSSR count). The Morgan fingerprint density at radius 1 is 1.00 bits per heavy atom. The van der Waals surface area contributed by atoms with Crippen LogP contribution in [0.25, 0.3) is 0 Å². The van der Waals surface area contributed by atoms with Crippen LogP contribution in [0.4, 0.5) is 5.82 Å². The minimum Gasteiger partial charge on any atom is -0.454 e. The number of hydrogen-bond donors (Lipinski definition) is 1. The largest absolute Gasteiger partial charge is 0.454 e. The molecule has 0 aliphatic rings. The van der Waals surface area contributed by atoms with E-state index in [9.17, 15) is 9.59 Å². The van der Waals surface area contributed by atoms with Gasteiger partial charge in [-0.2, -0.15) is 5.10 Å². The van der Waals surface area contributed by atoms with Gasteiger partial charge in [-0.05, 0) is 34.7 Å². The molecule has 0 fully saturated rings. The molecule has 3 heterocycles. The number of pyridine rings is 1. The first-order valence-electron chi connectivity index (χ1n) is 10.5. The first-order chi connectivity index (χ1) is 15.3. The average molecular weight is 431 g/mol. The number of amides is 1. The number of nitrogens with one attached hydrogen (secondary N) is 1. The van der Waals surface area contributed by atoms with E-state index in [0.717, 1.165) is 5.56 Å². The van der Waals surface area contributed by atoms with E-state index in [-0.39, 0.29) is 29.2 Å². The van der Waals surface area contributed by atoms with Gasteiger partial charge in [0.1, 0.15) is 11.6 Å². The summed E-state index contributed by atoms with van der Waals surface area (Å²) >= 11 is 0. The topological polar surface area (TPSA) is 82.1 Å². The lowest BCUT2D eigenvalue weighted by molar-refractivity contribution is 0.0993. The number of aromatic nitrogens is 3. The van der Waals surface area contributed by atoms with Gasteiger partial charge in [0.15, 0.2) is 5.76 Å². The van der Waals surface area contributed by atoms with Crippen molar-refractivity contribution in [3.8, 4) is 0 Å². The molecule has 7 heteroatoms. The summed E-state index contributed by atoms with van der Waals surface area (Å²) in [6.45, 7) is 7.34. The summed E-state index contributed by atoms with van der Waals surface area (Å²) in [5.41, 5.74) is 2.32. The smallest absolute Gasteiger partial charge is 0.292 e. The number of carbonyl (C=O) groups excluding carboxylic acids is 1. The molecule has 0 atom stereocenters. The quantitative estimate of drug-likeness (QED) is 0.495. The number of rotatable bonds is 6. The molecule has 1 aromatic carbocycles. The van der Waals surface area contributed by atoms with E-state index in [2.05, 4.69) is 55.5 Å². The Morgan fingerprint density at radius 3 is 2.50 bits per heavy atom. The van der Waals surface area contributed by atoms with Crippen LogP contribution in [-0.2, 0) is 18.5 Å². The van der Waals surface area contributed by atoms with Gasteiger partial charge >= 0.3 is 0 Å². The van der Waals surface area contributed by atoms with Crippen LogP contribution in [0.15, 0.2) is 82.3 Å². The van der Waals surface area contributed by atoms with Crippen LogP contribution in [0, 0.1) is 0 Å². The highest BCUT2D eigenvalue weighted by atomic mass is 16.4. The number of benzene rings is 1. The molecular formula is C25H26N4O3. The Kier molecular flexibility index (Phi) is 5.81. The van der Waals surface area contributed by atoms with Gasteiger partial charge in [-0.25, -0.2) is 4.68 Å². The predicted octanol–water partition coefficient (Wildman–Crippen LogP) is 4.28. The number of hydrogen-bond acceptors (Lipinski definition) is 4. The molecule has 0 aliphatic heterocycles. The Hall–Kier alpha value is -3.87. The fraction of sp³-hybridized carbons (Fsp3) is 0.240. The second kappa shape index (κ2) is 8.70. The van der Waals surface area contributed by atoms with E-state index in [4.69, 9.17) is 4.42 Å². The van der Waals surface area contributed by atoms with E-state index in [1.807, 2.05) is 0 Å². The van der Waals surface area contributed by atoms with Crippen molar-refractivity contribution < 1.29 is 9.21 Å². The maximum Gasteiger partial charge on any atom is 0.292 e. The van der Waals surface area contributed by atoms with Crippen molar-refractivity contribution in [1.82, 2.24) is 14.3 Å². The Bertz CT molecular complexity index is 1270. The molecule has 4 aromatic rings. The summed E-state index contributed by atoms with van der Waals surface area (Å²) in [5.74, 6) is 0.899. The number of carbonyl (C=O) groups is 1. The maximum atomic E-state index is 12.7. The normalized spacial score (nSPS) is 11.5. The lowest BCUT2D eigenvalue weighted by Crippen LogP contribution is -2.18. The highest BCUT2D eigenvalue weighted by Crippen LogP contribution is 2.23. The first kappa shape index (κ1) is 21.4. The molecule has 0 saturated carbocycles. The van der Waals surface area contributed by atoms with Crippen LogP contribution in [0.5, 0.6) is 0 Å². The summed E-state index contributed by atoms with van der Waals surface area (Å²) in [6, 6.07) is 18.4. The van der Waals surface area contributed by atoms with Gasteiger partial charge in [0, 0.05) is 18.3 Å². The van der Waals surface area contributed by atoms with Crippen LogP contribution in [-0.4, -0.2) is 20.3 Å². The van der Waals surface area contributed by atoms with E-state index in [1.165, 1.54) is 16.2 Å². The highest BCUT2D eigenvalue weighted by Gasteiger charge is 2.16. The van der Waals surface area contributed by atoms with Crippen molar-refractivity contribution in [2.75, 3.05) is 5.32 Å². The zero-order valence-corrected chi connectivity index (χ0v) is 18.4. The molecule has 0 radical (unpaired) electrons. The van der Waals surface area contributed by atoms with Crippen LogP contribution in [0.2, 0.25) is 0 Å². The zero-order valence-electron chi connectivity index (χ0n) is 18.4. The molecule has 0 aliphatic carbocycles. The van der Waals surface area contributed by atoms with Gasteiger partial charge in [-0.3, -0.25) is 9.59 Å². The monoisotopic (exact) mass is 430 g/mol. The Balaban J connectivity index is 1.43. The van der Waals surface area contributed by atoms with Crippen LogP contribution >= 0.6 is 0 Å². The summed E-state index contributed by atoms with van der Waals surface area (Å²) in [5, 5.41) is 7.18. The van der Waals surface area contributed by atoms with E-state index in [1.54, 1.807) is 47.4 Å². The van der Waals surface area contributed by atoms with E-state index in [0.29, 0.717) is 18.1 Å². The SMILES string of the molecule is CC(C)(C)c1ccc(Cn2nccc2NC(=O)c2ccc(Cn3ccccc3=O)o2)cc1. The van der Waals surface area contributed by atoms with Crippen molar-refractivity contribution >= 4 is 11.7 Å². The predicted molar refractivity (Wildman–Crippen MR) is 123 cm³/mol. The molecule has 3 aromatic heterocycles. The van der Waals surface area contributed by atoms with Gasteiger partial charge in [0.2, 0.25) is 0 Å². The summed E-state index contributed by atoms with van der Waals surface area (Å²) < 4.78 is 8.90.